The van der Waals surface area contributed by atoms with Crippen molar-refractivity contribution < 1.29 is 26.3 Å². The summed E-state index contributed by atoms with van der Waals surface area (Å²) >= 11 is 0. The third-order valence-corrected chi connectivity index (χ3v) is 14.4. The molecule has 1 unspecified atom stereocenters. The summed E-state index contributed by atoms with van der Waals surface area (Å²) in [5, 5.41) is 1.81. The van der Waals surface area contributed by atoms with E-state index in [9.17, 15) is 26.3 Å². The first-order valence-electron chi connectivity index (χ1n) is 12.7. The van der Waals surface area contributed by atoms with Crippen molar-refractivity contribution in [1.29, 1.82) is 0 Å². The molecule has 206 valence electrons. The van der Waals surface area contributed by atoms with Crippen molar-refractivity contribution in [2.45, 2.75) is 102 Å². The lowest BCUT2D eigenvalue weighted by molar-refractivity contribution is -0.138. The molecule has 8 heteroatoms. The van der Waals surface area contributed by atoms with Gasteiger partial charge in [-0.05, 0) is 83.2 Å². The van der Waals surface area contributed by atoms with E-state index in [1.807, 2.05) is 0 Å². The van der Waals surface area contributed by atoms with Crippen LogP contribution in [0.4, 0.5) is 26.3 Å². The molecule has 1 aliphatic rings. The highest BCUT2D eigenvalue weighted by Gasteiger charge is 2.47. The molecule has 1 fully saturated rings. The summed E-state index contributed by atoms with van der Waals surface area (Å²) in [5.41, 5.74) is -0.812. The van der Waals surface area contributed by atoms with E-state index in [0.29, 0.717) is 11.6 Å². The second-order valence-corrected chi connectivity index (χ2v) is 18.7. The highest BCUT2D eigenvalue weighted by atomic mass is 31.1. The summed E-state index contributed by atoms with van der Waals surface area (Å²) in [6.07, 6.45) is -5.61. The van der Waals surface area contributed by atoms with E-state index in [4.69, 9.17) is 0 Å². The molecular formula is C29H38F6P2. The van der Waals surface area contributed by atoms with Crippen LogP contribution in [0.2, 0.25) is 0 Å². The molecule has 3 atom stereocenters. The molecule has 0 N–H and O–H groups in total. The molecule has 3 rings (SSSR count). The van der Waals surface area contributed by atoms with Crippen LogP contribution in [0.25, 0.3) is 0 Å². The normalized spacial score (nSPS) is 20.6. The van der Waals surface area contributed by atoms with Gasteiger partial charge in [0.05, 0.1) is 11.1 Å². The summed E-state index contributed by atoms with van der Waals surface area (Å²) in [7, 11) is -1.57. The zero-order valence-electron chi connectivity index (χ0n) is 22.6. The van der Waals surface area contributed by atoms with Gasteiger partial charge >= 0.3 is 12.4 Å². The fraction of sp³-hybridized carbons (Fsp3) is 0.586. The van der Waals surface area contributed by atoms with E-state index in [1.165, 1.54) is 24.3 Å². The minimum absolute atomic E-state index is 0.116. The molecule has 0 spiro atoms. The minimum atomic E-state index is -4.44. The van der Waals surface area contributed by atoms with Crippen LogP contribution in [-0.2, 0) is 12.4 Å². The van der Waals surface area contributed by atoms with Crippen LogP contribution in [-0.4, -0.2) is 21.6 Å². The van der Waals surface area contributed by atoms with Gasteiger partial charge in [-0.25, -0.2) is 0 Å². The predicted molar refractivity (Wildman–Crippen MR) is 146 cm³/mol. The molecule has 0 saturated heterocycles. The van der Waals surface area contributed by atoms with Gasteiger partial charge in [0.25, 0.3) is 0 Å². The Hall–Kier alpha value is -1.12. The van der Waals surface area contributed by atoms with Gasteiger partial charge in [0.15, 0.2) is 0 Å². The third-order valence-electron chi connectivity index (χ3n) is 7.28. The maximum atomic E-state index is 13.3. The molecule has 2 aromatic rings. The molecule has 0 radical (unpaired) electrons. The van der Waals surface area contributed by atoms with Crippen LogP contribution in [0.5, 0.6) is 0 Å². The van der Waals surface area contributed by atoms with E-state index < -0.39 is 39.3 Å². The van der Waals surface area contributed by atoms with Crippen LogP contribution in [0.15, 0.2) is 48.5 Å². The first-order valence-corrected chi connectivity index (χ1v) is 15.6. The van der Waals surface area contributed by atoms with Gasteiger partial charge in [-0.3, -0.25) is 0 Å². The Labute approximate surface area is 220 Å². The molecule has 1 saturated carbocycles. The summed E-state index contributed by atoms with van der Waals surface area (Å²) in [6.45, 7) is 16.0. The summed E-state index contributed by atoms with van der Waals surface area (Å²) < 4.78 is 79.6. The van der Waals surface area contributed by atoms with Crippen LogP contribution >= 0.6 is 15.8 Å². The first kappa shape index (κ1) is 30.4. The topological polar surface area (TPSA) is 0 Å². The highest BCUT2D eigenvalue weighted by molar-refractivity contribution is 7.73. The average Bonchev–Trinajstić information content (AvgIpc) is 3.20. The second-order valence-electron chi connectivity index (χ2n) is 12.1. The van der Waals surface area contributed by atoms with Crippen molar-refractivity contribution >= 4 is 26.5 Å². The maximum absolute atomic E-state index is 13.3. The van der Waals surface area contributed by atoms with Gasteiger partial charge < -0.3 is 0 Å². The third kappa shape index (κ3) is 7.10. The van der Waals surface area contributed by atoms with Gasteiger partial charge in [0.1, 0.15) is 0 Å². The van der Waals surface area contributed by atoms with Crippen LogP contribution in [0.3, 0.4) is 0 Å². The highest BCUT2D eigenvalue weighted by Crippen LogP contribution is 2.68. The summed E-state index contributed by atoms with van der Waals surface area (Å²) in [6, 6.07) is 10.5. The molecule has 0 nitrogen and oxygen atoms in total. The van der Waals surface area contributed by atoms with Gasteiger partial charge in [0.2, 0.25) is 0 Å². The van der Waals surface area contributed by atoms with E-state index in [2.05, 4.69) is 48.5 Å². The van der Waals surface area contributed by atoms with Crippen molar-refractivity contribution in [3.8, 4) is 0 Å². The van der Waals surface area contributed by atoms with Crippen molar-refractivity contribution in [2.24, 2.45) is 5.92 Å². The summed E-state index contributed by atoms with van der Waals surface area (Å²) in [5.74, 6) is 0.361. The molecule has 1 aliphatic carbocycles. The van der Waals surface area contributed by atoms with Crippen molar-refractivity contribution in [3.63, 3.8) is 0 Å². The Morgan fingerprint density at radius 1 is 0.649 bits per heavy atom. The summed E-state index contributed by atoms with van der Waals surface area (Å²) in [4.78, 5) is 0. The number of hydrogen-bond acceptors (Lipinski definition) is 0. The molecule has 0 heterocycles. The smallest absolute Gasteiger partial charge is 0.166 e. The molecule has 2 aromatic carbocycles. The molecule has 0 amide bonds. The Morgan fingerprint density at radius 2 is 1.03 bits per heavy atom. The lowest BCUT2D eigenvalue weighted by Gasteiger charge is -2.49. The lowest BCUT2D eigenvalue weighted by Crippen LogP contribution is -2.37. The van der Waals surface area contributed by atoms with Crippen molar-refractivity contribution in [1.82, 2.24) is 0 Å². The Kier molecular flexibility index (Phi) is 8.88. The van der Waals surface area contributed by atoms with E-state index in [-0.39, 0.29) is 16.0 Å². The Bertz CT molecular complexity index is 956. The van der Waals surface area contributed by atoms with Crippen LogP contribution in [0.1, 0.15) is 78.9 Å². The Balaban J connectivity index is 2.08. The Morgan fingerprint density at radius 3 is 1.35 bits per heavy atom. The lowest BCUT2D eigenvalue weighted by atomic mass is 10.0. The van der Waals surface area contributed by atoms with Gasteiger partial charge in [-0.15, -0.1) is 0 Å². The van der Waals surface area contributed by atoms with E-state index in [1.54, 1.807) is 0 Å². The molecule has 0 aliphatic heterocycles. The zero-order chi connectivity index (χ0) is 28.0. The van der Waals surface area contributed by atoms with Gasteiger partial charge in [-0.1, -0.05) is 87.1 Å². The largest absolute Gasteiger partial charge is 0.416 e. The minimum Gasteiger partial charge on any atom is -0.166 e. The first-order chi connectivity index (χ1) is 16.8. The second kappa shape index (κ2) is 10.8. The predicted octanol–water partition coefficient (Wildman–Crippen LogP) is 9.79. The molecule has 37 heavy (non-hydrogen) atoms. The quantitative estimate of drug-likeness (QED) is 0.251. The molecular weight excluding hydrogens is 524 g/mol. The van der Waals surface area contributed by atoms with Gasteiger partial charge in [-0.2, -0.15) is 26.3 Å². The SMILES string of the molecule is C[C@H](C1CCC[C@@H]1P(C(C)(C)C)C(C)(C)C)P(c1ccc(C(F)(F)F)cc1)c1ccc(C(F)(F)F)cc1. The maximum Gasteiger partial charge on any atom is 0.416 e. The number of benzene rings is 2. The van der Waals surface area contributed by atoms with Crippen molar-refractivity contribution in [3.05, 3.63) is 59.7 Å². The van der Waals surface area contributed by atoms with Crippen LogP contribution < -0.4 is 10.6 Å². The standard InChI is InChI=1S/C29H38F6P2/c1-19(24-9-8-10-25(24)37(26(2,3)4)27(5,6)7)36(22-15-11-20(12-16-22)28(30,31)32)23-17-13-21(14-18-23)29(33,34)35/h11-19,24-25H,8-10H2,1-7H3/t19-,24?,25+/m1/s1. The number of halogens is 6. The number of rotatable bonds is 5. The van der Waals surface area contributed by atoms with Gasteiger partial charge in [0, 0.05) is 0 Å². The van der Waals surface area contributed by atoms with Crippen LogP contribution in [0, 0.1) is 5.92 Å². The fourth-order valence-electron chi connectivity index (χ4n) is 6.29. The molecule has 0 bridgehead atoms. The average molecular weight is 563 g/mol. The monoisotopic (exact) mass is 562 g/mol. The van der Waals surface area contributed by atoms with E-state index in [0.717, 1.165) is 54.1 Å². The van der Waals surface area contributed by atoms with E-state index >= 15 is 0 Å². The fourth-order valence-corrected chi connectivity index (χ4v) is 14.6. The van der Waals surface area contributed by atoms with Crippen molar-refractivity contribution in [2.75, 3.05) is 0 Å². The zero-order valence-corrected chi connectivity index (χ0v) is 24.4. The number of alkyl halides is 6. The molecule has 0 aromatic heterocycles. The number of hydrogen-bond donors (Lipinski definition) is 0.